The Bertz CT molecular complexity index is 631. The summed E-state index contributed by atoms with van der Waals surface area (Å²) in [6.07, 6.45) is 7.69. The minimum atomic E-state index is -0.786. The maximum Gasteiger partial charge on any atom is 0.332 e. The van der Waals surface area contributed by atoms with Crippen LogP contribution in [0.25, 0.3) is 0 Å². The molecule has 1 fully saturated rings. The van der Waals surface area contributed by atoms with E-state index in [-0.39, 0.29) is 5.41 Å². The molecule has 0 aromatic heterocycles. The van der Waals surface area contributed by atoms with Crippen molar-refractivity contribution in [3.8, 4) is 0 Å². The molecule has 2 nitrogen and oxygen atoms in total. The summed E-state index contributed by atoms with van der Waals surface area (Å²) < 4.78 is 0. The summed E-state index contributed by atoms with van der Waals surface area (Å²) in [5.74, 6) is -0.786. The van der Waals surface area contributed by atoms with Crippen LogP contribution in [0.5, 0.6) is 0 Å². The zero-order valence-electron chi connectivity index (χ0n) is 14.1. The van der Waals surface area contributed by atoms with Crippen LogP contribution in [0.4, 0.5) is 0 Å². The Hall–Kier alpha value is -1.83. The molecule has 0 unspecified atom stereocenters. The van der Waals surface area contributed by atoms with E-state index in [0.29, 0.717) is 5.57 Å². The number of carboxylic acid groups (broad SMARTS) is 1. The molecule has 1 aromatic rings. The van der Waals surface area contributed by atoms with Gasteiger partial charge in [-0.3, -0.25) is 0 Å². The van der Waals surface area contributed by atoms with E-state index in [1.165, 1.54) is 16.7 Å². The van der Waals surface area contributed by atoms with E-state index in [0.717, 1.165) is 31.3 Å². The fourth-order valence-corrected chi connectivity index (χ4v) is 3.49. The van der Waals surface area contributed by atoms with Crippen molar-refractivity contribution < 1.29 is 9.90 Å². The molecule has 118 valence electrons. The summed E-state index contributed by atoms with van der Waals surface area (Å²) in [5.41, 5.74) is 5.03. The van der Waals surface area contributed by atoms with Gasteiger partial charge in [-0.25, -0.2) is 4.79 Å². The van der Waals surface area contributed by atoms with Gasteiger partial charge in [0.1, 0.15) is 0 Å². The Labute approximate surface area is 133 Å². The van der Waals surface area contributed by atoms with Gasteiger partial charge in [0.05, 0.1) is 5.57 Å². The summed E-state index contributed by atoms with van der Waals surface area (Å²) in [7, 11) is 0. The van der Waals surface area contributed by atoms with Gasteiger partial charge >= 0.3 is 5.97 Å². The second-order valence-electron chi connectivity index (χ2n) is 6.14. The molecule has 1 aliphatic carbocycles. The molecule has 1 aliphatic rings. The lowest BCUT2D eigenvalue weighted by Crippen LogP contribution is -2.20. The number of hydrogen-bond acceptors (Lipinski definition) is 1. The molecular formula is C20H26O2. The van der Waals surface area contributed by atoms with Crippen LogP contribution in [0.2, 0.25) is 0 Å². The first kappa shape index (κ1) is 16.5. The summed E-state index contributed by atoms with van der Waals surface area (Å²) >= 11 is 0. The number of aryl methyl sites for hydroxylation is 2. The first-order chi connectivity index (χ1) is 10.5. The first-order valence-electron chi connectivity index (χ1n) is 8.19. The molecule has 2 rings (SSSR count). The van der Waals surface area contributed by atoms with Gasteiger partial charge in [-0.05, 0) is 61.8 Å². The van der Waals surface area contributed by atoms with Gasteiger partial charge in [0.2, 0.25) is 0 Å². The van der Waals surface area contributed by atoms with Crippen LogP contribution >= 0.6 is 0 Å². The Kier molecular flexibility index (Phi) is 4.90. The van der Waals surface area contributed by atoms with Crippen LogP contribution in [-0.2, 0) is 23.1 Å². The highest BCUT2D eigenvalue weighted by atomic mass is 16.4. The van der Waals surface area contributed by atoms with Gasteiger partial charge in [-0.1, -0.05) is 44.2 Å². The monoisotopic (exact) mass is 298 g/mol. The van der Waals surface area contributed by atoms with Gasteiger partial charge in [0, 0.05) is 5.41 Å². The fraction of sp³-hybridized carbons (Fsp3) is 0.450. The van der Waals surface area contributed by atoms with Crippen molar-refractivity contribution in [2.24, 2.45) is 0 Å². The molecule has 0 amide bonds. The SMILES string of the molecule is CC=CC(C)=C(C(=O)O)C1(c2ccc(CC)c(CC)c2)CC1. The quantitative estimate of drug-likeness (QED) is 0.604. The van der Waals surface area contributed by atoms with E-state index in [9.17, 15) is 9.90 Å². The van der Waals surface area contributed by atoms with Crippen LogP contribution < -0.4 is 0 Å². The predicted octanol–water partition coefficient (Wildman–Crippen LogP) is 4.82. The van der Waals surface area contributed by atoms with E-state index >= 15 is 0 Å². The third kappa shape index (κ3) is 2.87. The van der Waals surface area contributed by atoms with Gasteiger partial charge < -0.3 is 5.11 Å². The molecule has 0 saturated heterocycles. The second kappa shape index (κ2) is 6.51. The van der Waals surface area contributed by atoms with E-state index in [2.05, 4.69) is 32.0 Å². The van der Waals surface area contributed by atoms with Crippen LogP contribution in [0.15, 0.2) is 41.5 Å². The number of rotatable bonds is 6. The summed E-state index contributed by atoms with van der Waals surface area (Å²) in [5, 5.41) is 9.74. The lowest BCUT2D eigenvalue weighted by Gasteiger charge is -2.20. The topological polar surface area (TPSA) is 37.3 Å². The summed E-state index contributed by atoms with van der Waals surface area (Å²) in [6, 6.07) is 6.55. The van der Waals surface area contributed by atoms with E-state index in [1.807, 2.05) is 26.0 Å². The van der Waals surface area contributed by atoms with Gasteiger partial charge in [-0.15, -0.1) is 0 Å². The van der Waals surface area contributed by atoms with Crippen molar-refractivity contribution >= 4 is 5.97 Å². The van der Waals surface area contributed by atoms with Crippen molar-refractivity contribution in [2.45, 2.75) is 58.8 Å². The zero-order valence-corrected chi connectivity index (χ0v) is 14.1. The van der Waals surface area contributed by atoms with Crippen molar-refractivity contribution in [2.75, 3.05) is 0 Å². The Balaban J connectivity index is 2.55. The third-order valence-electron chi connectivity index (χ3n) is 4.77. The standard InChI is InChI=1S/C20H26O2/c1-5-8-14(4)18(19(21)22)20(11-12-20)17-10-9-15(6-2)16(7-3)13-17/h5,8-10,13H,6-7,11-12H2,1-4H3,(H,21,22). The molecule has 0 bridgehead atoms. The largest absolute Gasteiger partial charge is 0.478 e. The van der Waals surface area contributed by atoms with Crippen LogP contribution in [0, 0.1) is 0 Å². The minimum Gasteiger partial charge on any atom is -0.478 e. The number of allylic oxidation sites excluding steroid dienone is 3. The molecule has 0 atom stereocenters. The second-order valence-corrected chi connectivity index (χ2v) is 6.14. The zero-order chi connectivity index (χ0) is 16.3. The number of aliphatic carboxylic acids is 1. The Morgan fingerprint density at radius 1 is 1.23 bits per heavy atom. The molecular weight excluding hydrogens is 272 g/mol. The van der Waals surface area contributed by atoms with Crippen LogP contribution in [-0.4, -0.2) is 11.1 Å². The predicted molar refractivity (Wildman–Crippen MR) is 91.3 cm³/mol. The first-order valence-corrected chi connectivity index (χ1v) is 8.19. The van der Waals surface area contributed by atoms with Crippen molar-refractivity contribution in [1.82, 2.24) is 0 Å². The molecule has 2 heteroatoms. The normalized spacial score (nSPS) is 17.5. The third-order valence-corrected chi connectivity index (χ3v) is 4.77. The highest BCUT2D eigenvalue weighted by Gasteiger charge is 2.50. The number of benzene rings is 1. The number of carbonyl (C=O) groups is 1. The van der Waals surface area contributed by atoms with Gasteiger partial charge in [0.15, 0.2) is 0 Å². The Morgan fingerprint density at radius 2 is 1.86 bits per heavy atom. The number of hydrogen-bond donors (Lipinski definition) is 1. The van der Waals surface area contributed by atoms with E-state index in [1.54, 1.807) is 0 Å². The molecule has 0 spiro atoms. The maximum atomic E-state index is 11.9. The molecule has 0 radical (unpaired) electrons. The molecule has 1 aromatic carbocycles. The fourth-order valence-electron chi connectivity index (χ4n) is 3.49. The molecule has 0 aliphatic heterocycles. The van der Waals surface area contributed by atoms with E-state index in [4.69, 9.17) is 0 Å². The van der Waals surface area contributed by atoms with Crippen LogP contribution in [0.3, 0.4) is 0 Å². The molecule has 1 saturated carbocycles. The molecule has 0 heterocycles. The van der Waals surface area contributed by atoms with Crippen molar-refractivity contribution in [1.29, 1.82) is 0 Å². The minimum absolute atomic E-state index is 0.286. The summed E-state index contributed by atoms with van der Waals surface area (Å²) in [4.78, 5) is 11.9. The average Bonchev–Trinajstić information content (AvgIpc) is 3.28. The van der Waals surface area contributed by atoms with Gasteiger partial charge in [-0.2, -0.15) is 0 Å². The van der Waals surface area contributed by atoms with Crippen molar-refractivity contribution in [3.05, 3.63) is 58.2 Å². The molecule has 22 heavy (non-hydrogen) atoms. The van der Waals surface area contributed by atoms with Gasteiger partial charge in [0.25, 0.3) is 0 Å². The highest BCUT2D eigenvalue weighted by molar-refractivity contribution is 5.92. The summed E-state index contributed by atoms with van der Waals surface area (Å²) in [6.45, 7) is 8.16. The lowest BCUT2D eigenvalue weighted by atomic mass is 9.83. The smallest absolute Gasteiger partial charge is 0.332 e. The van der Waals surface area contributed by atoms with Crippen LogP contribution in [0.1, 0.15) is 57.2 Å². The molecule has 1 N–H and O–H groups in total. The Morgan fingerprint density at radius 3 is 2.32 bits per heavy atom. The van der Waals surface area contributed by atoms with E-state index < -0.39 is 5.97 Å². The maximum absolute atomic E-state index is 11.9. The van der Waals surface area contributed by atoms with Crippen molar-refractivity contribution in [3.63, 3.8) is 0 Å². The average molecular weight is 298 g/mol. The number of carboxylic acids is 1. The highest BCUT2D eigenvalue weighted by Crippen LogP contribution is 2.55. The lowest BCUT2D eigenvalue weighted by molar-refractivity contribution is -0.133.